The second-order valence-electron chi connectivity index (χ2n) is 6.29. The minimum absolute atomic E-state index is 0.0924. The number of nitrogens with zero attached hydrogens (tertiary/aromatic N) is 2. The molecule has 1 amide bonds. The number of rotatable bonds is 5. The Morgan fingerprint density at radius 3 is 2.77 bits per heavy atom. The maximum Gasteiger partial charge on any atom is 0.328 e. The Hall–Kier alpha value is -3.12. The van der Waals surface area contributed by atoms with Crippen LogP contribution < -0.4 is 16.6 Å². The third kappa shape index (κ3) is 4.09. The Bertz CT molecular complexity index is 1300. The largest absolute Gasteiger partial charge is 0.328 e. The predicted molar refractivity (Wildman–Crippen MR) is 112 cm³/mol. The lowest BCUT2D eigenvalue weighted by Crippen LogP contribution is -2.37. The number of hydrogen-bond donors (Lipinski definition) is 4. The van der Waals surface area contributed by atoms with Crippen LogP contribution in [0.5, 0.6) is 0 Å². The molecule has 0 aliphatic carbocycles. The highest BCUT2D eigenvalue weighted by Gasteiger charge is 2.19. The number of thiazole rings is 1. The molecule has 0 spiro atoms. The number of amides is 1. The van der Waals surface area contributed by atoms with Gasteiger partial charge in [-0.25, -0.2) is 18.6 Å². The Morgan fingerprint density at radius 1 is 1.37 bits per heavy atom. The lowest BCUT2D eigenvalue weighted by molar-refractivity contribution is -0.115. The molecule has 0 fully saturated rings. The predicted octanol–water partition coefficient (Wildman–Crippen LogP) is 2.47. The van der Waals surface area contributed by atoms with Crippen molar-refractivity contribution in [2.75, 3.05) is 5.32 Å². The molecule has 0 saturated heterocycles. The summed E-state index contributed by atoms with van der Waals surface area (Å²) in [5.41, 5.74) is -1.80. The molecule has 2 heterocycles. The molecule has 3 N–H and O–H groups in total. The average Bonchev–Trinajstić information content (AvgIpc) is 3.12. The molecule has 0 atom stereocenters. The van der Waals surface area contributed by atoms with E-state index in [1.54, 1.807) is 0 Å². The molecule has 156 valence electrons. The normalized spacial score (nSPS) is 10.8. The van der Waals surface area contributed by atoms with Gasteiger partial charge in [0.15, 0.2) is 5.13 Å². The van der Waals surface area contributed by atoms with Crippen LogP contribution in [-0.4, -0.2) is 26.2 Å². The summed E-state index contributed by atoms with van der Waals surface area (Å²) in [5, 5.41) is 12.0. The van der Waals surface area contributed by atoms with Gasteiger partial charge in [0.25, 0.3) is 5.56 Å². The minimum Gasteiger partial charge on any atom is -0.304 e. The van der Waals surface area contributed by atoms with Crippen molar-refractivity contribution in [2.24, 2.45) is 7.05 Å². The third-order valence-electron chi connectivity index (χ3n) is 4.27. The second-order valence-corrected chi connectivity index (χ2v) is 7.60. The number of H-pyrrole nitrogens is 1. The summed E-state index contributed by atoms with van der Waals surface area (Å²) in [6.45, 7) is 1.31. The van der Waals surface area contributed by atoms with E-state index in [1.165, 1.54) is 25.4 Å². The van der Waals surface area contributed by atoms with Crippen LogP contribution in [0.25, 0.3) is 11.3 Å². The summed E-state index contributed by atoms with van der Waals surface area (Å²) >= 11 is 5.02. The maximum absolute atomic E-state index is 14.3. The van der Waals surface area contributed by atoms with Crippen LogP contribution in [0.15, 0.2) is 32.1 Å². The van der Waals surface area contributed by atoms with Crippen molar-refractivity contribution >= 4 is 40.7 Å². The van der Waals surface area contributed by atoms with E-state index in [0.717, 1.165) is 22.0 Å². The number of benzene rings is 1. The van der Waals surface area contributed by atoms with Crippen molar-refractivity contribution in [3.8, 4) is 11.3 Å². The Labute approximate surface area is 177 Å². The van der Waals surface area contributed by atoms with Crippen molar-refractivity contribution < 1.29 is 13.6 Å². The van der Waals surface area contributed by atoms with Crippen LogP contribution >= 0.6 is 24.0 Å². The number of nitrogens with one attached hydrogen (secondary N) is 3. The van der Waals surface area contributed by atoms with Gasteiger partial charge in [-0.3, -0.25) is 14.2 Å². The van der Waals surface area contributed by atoms with Gasteiger partial charge in [-0.15, -0.1) is 24.0 Å². The molecule has 2 aromatic heterocycles. The number of hydrogen-bond acceptors (Lipinski definition) is 7. The third-order valence-corrected chi connectivity index (χ3v) is 5.36. The summed E-state index contributed by atoms with van der Waals surface area (Å²) in [6.07, 6.45) is -0.478. The Morgan fingerprint density at radius 2 is 2.07 bits per heavy atom. The van der Waals surface area contributed by atoms with Gasteiger partial charge in [0, 0.05) is 23.6 Å². The zero-order valence-electron chi connectivity index (χ0n) is 15.7. The van der Waals surface area contributed by atoms with E-state index in [-0.39, 0.29) is 38.3 Å². The zero-order chi connectivity index (χ0) is 22.2. The number of carbonyl (C=O) groups is 1. The van der Waals surface area contributed by atoms with E-state index in [4.69, 9.17) is 5.41 Å². The summed E-state index contributed by atoms with van der Waals surface area (Å²) in [7, 11) is 1.23. The first-order valence-corrected chi connectivity index (χ1v) is 9.73. The second kappa shape index (κ2) is 8.32. The molecule has 30 heavy (non-hydrogen) atoms. The first kappa shape index (κ1) is 21.6. The first-order valence-electron chi connectivity index (χ1n) is 8.40. The topological polar surface area (TPSA) is 121 Å². The quantitative estimate of drug-likeness (QED) is 0.271. The molecule has 12 heteroatoms. The Balaban J connectivity index is 1.77. The molecule has 0 saturated carbocycles. The number of aromatic amines is 1. The highest BCUT2D eigenvalue weighted by Crippen LogP contribution is 2.29. The monoisotopic (exact) mass is 451 g/mol. The molecular weight excluding hydrogens is 436 g/mol. The molecule has 0 bridgehead atoms. The summed E-state index contributed by atoms with van der Waals surface area (Å²) in [6, 6.07) is 2.39. The van der Waals surface area contributed by atoms with E-state index in [0.29, 0.717) is 0 Å². The maximum atomic E-state index is 14.3. The number of aromatic nitrogens is 3. The van der Waals surface area contributed by atoms with E-state index >= 15 is 0 Å². The van der Waals surface area contributed by atoms with Gasteiger partial charge in [-0.2, -0.15) is 0 Å². The van der Waals surface area contributed by atoms with Crippen LogP contribution in [0.2, 0.25) is 0 Å². The molecular formula is C18H15F2N5O3S2. The molecule has 0 radical (unpaired) electrons. The molecule has 0 unspecified atom stereocenters. The van der Waals surface area contributed by atoms with Crippen molar-refractivity contribution in [3.05, 3.63) is 61.1 Å². The van der Waals surface area contributed by atoms with Gasteiger partial charge in [-0.05, 0) is 19.1 Å². The molecule has 0 aliphatic rings. The highest BCUT2D eigenvalue weighted by molar-refractivity contribution is 7.80. The van der Waals surface area contributed by atoms with Crippen molar-refractivity contribution in [3.63, 3.8) is 0 Å². The lowest BCUT2D eigenvalue weighted by Gasteiger charge is -2.07. The Kier molecular flexibility index (Phi) is 5.99. The van der Waals surface area contributed by atoms with Crippen LogP contribution in [0.3, 0.4) is 0 Å². The fourth-order valence-corrected chi connectivity index (χ4v) is 3.66. The number of halogens is 2. The van der Waals surface area contributed by atoms with Crippen molar-refractivity contribution in [1.82, 2.24) is 14.5 Å². The van der Waals surface area contributed by atoms with Crippen LogP contribution in [-0.2, 0) is 11.8 Å². The molecule has 3 aromatic rings. The fraction of sp³-hybridized carbons (Fsp3) is 0.167. The van der Waals surface area contributed by atoms with Crippen LogP contribution in [0.4, 0.5) is 13.9 Å². The highest BCUT2D eigenvalue weighted by atomic mass is 32.1. The summed E-state index contributed by atoms with van der Waals surface area (Å²) in [5.74, 6) is -2.05. The lowest BCUT2D eigenvalue weighted by atomic mass is 10.1. The minimum atomic E-state index is -0.750. The molecule has 1 aromatic carbocycles. The van der Waals surface area contributed by atoms with Gasteiger partial charge in [0.1, 0.15) is 11.6 Å². The van der Waals surface area contributed by atoms with Gasteiger partial charge < -0.3 is 15.7 Å². The molecule has 3 rings (SSSR count). The van der Waals surface area contributed by atoms with Crippen LogP contribution in [0.1, 0.15) is 17.5 Å². The standard InChI is InChI=1S/C18H15F2N5O3S2/c1-7-9(19)4-3-8(14(7)20)11-6-30-17(22-11)23-12(26)5-10(21)13-15(29)24-18(28)25(2)16(13)27/h3-4,6,21,29H,5H2,1-2H3,(H,24,28)(H,22,23,26). The van der Waals surface area contributed by atoms with Gasteiger partial charge >= 0.3 is 5.69 Å². The summed E-state index contributed by atoms with van der Waals surface area (Å²) < 4.78 is 28.5. The molecule has 0 aliphatic heterocycles. The van der Waals surface area contributed by atoms with Crippen LogP contribution in [0, 0.1) is 24.0 Å². The van der Waals surface area contributed by atoms with Crippen molar-refractivity contribution in [1.29, 1.82) is 5.41 Å². The summed E-state index contributed by atoms with van der Waals surface area (Å²) in [4.78, 5) is 42.4. The first-order chi connectivity index (χ1) is 14.1. The number of anilines is 1. The fourth-order valence-electron chi connectivity index (χ4n) is 2.61. The van der Waals surface area contributed by atoms with Gasteiger partial charge in [0.2, 0.25) is 5.91 Å². The van der Waals surface area contributed by atoms with Gasteiger partial charge in [0.05, 0.1) is 28.4 Å². The average molecular weight is 451 g/mol. The smallest absolute Gasteiger partial charge is 0.304 e. The zero-order valence-corrected chi connectivity index (χ0v) is 17.4. The van der Waals surface area contributed by atoms with E-state index in [2.05, 4.69) is 27.9 Å². The van der Waals surface area contributed by atoms with E-state index < -0.39 is 35.2 Å². The number of carbonyl (C=O) groups excluding carboxylic acids is 1. The SMILES string of the molecule is Cc1c(F)ccc(-c2csc(NC(=O)CC(=N)c3c(S)[nH]c(=O)n(C)c3=O)n2)c1F. The van der Waals surface area contributed by atoms with E-state index in [9.17, 15) is 23.2 Å². The molecule has 8 nitrogen and oxygen atoms in total. The number of thiol groups is 1. The van der Waals surface area contributed by atoms with Crippen molar-refractivity contribution in [2.45, 2.75) is 18.4 Å². The van der Waals surface area contributed by atoms with Gasteiger partial charge in [-0.1, -0.05) is 0 Å². The van der Waals surface area contributed by atoms with E-state index in [1.807, 2.05) is 0 Å².